The van der Waals surface area contributed by atoms with Crippen LogP contribution < -0.4 is 10.6 Å². The first-order chi connectivity index (χ1) is 14.4. The molecule has 156 valence electrons. The minimum atomic E-state index is -0.874. The van der Waals surface area contributed by atoms with E-state index >= 15 is 0 Å². The number of carbonyl (C=O) groups excluding carboxylic acids is 3. The lowest BCUT2D eigenvalue weighted by molar-refractivity contribution is -0.384. The lowest BCUT2D eigenvalue weighted by Crippen LogP contribution is -2.48. The summed E-state index contributed by atoms with van der Waals surface area (Å²) >= 11 is 0. The van der Waals surface area contributed by atoms with Gasteiger partial charge in [-0.05, 0) is 24.5 Å². The van der Waals surface area contributed by atoms with E-state index in [9.17, 15) is 24.5 Å². The number of benzene rings is 2. The van der Waals surface area contributed by atoms with E-state index in [4.69, 9.17) is 0 Å². The van der Waals surface area contributed by atoms with Gasteiger partial charge in [0.05, 0.1) is 17.6 Å². The number of nitrogens with zero attached hydrogens (tertiary/aromatic N) is 1. The molecular weight excluding hydrogens is 390 g/mol. The van der Waals surface area contributed by atoms with Crippen molar-refractivity contribution in [3.05, 3.63) is 75.3 Å². The number of rotatable bonds is 8. The molecule has 2 N–H and O–H groups in total. The lowest BCUT2D eigenvalue weighted by atomic mass is 10.0. The molecule has 0 aromatic heterocycles. The van der Waals surface area contributed by atoms with E-state index in [0.717, 1.165) is 37.6 Å². The van der Waals surface area contributed by atoms with Gasteiger partial charge in [-0.3, -0.25) is 19.7 Å². The van der Waals surface area contributed by atoms with Crippen LogP contribution in [-0.4, -0.2) is 41.9 Å². The van der Waals surface area contributed by atoms with Gasteiger partial charge >= 0.3 is 5.97 Å². The van der Waals surface area contributed by atoms with Crippen molar-refractivity contribution in [2.75, 3.05) is 7.11 Å². The molecule has 30 heavy (non-hydrogen) atoms. The molecule has 2 amide bonds. The molecule has 2 aromatic carbocycles. The van der Waals surface area contributed by atoms with Crippen molar-refractivity contribution in [1.29, 1.82) is 0 Å². The Bertz CT molecular complexity index is 972. The fourth-order valence-corrected chi connectivity index (χ4v) is 2.91. The van der Waals surface area contributed by atoms with Gasteiger partial charge in [0.25, 0.3) is 11.6 Å². The first-order valence-electron chi connectivity index (χ1n) is 9.40. The second-order valence-electron chi connectivity index (χ2n) is 7.02. The predicted octanol–water partition coefficient (Wildman–Crippen LogP) is 2.00. The Labute approximate surface area is 172 Å². The van der Waals surface area contributed by atoms with E-state index in [1.165, 1.54) is 6.07 Å². The molecule has 0 radical (unpaired) electrons. The molecule has 0 saturated heterocycles. The summed E-state index contributed by atoms with van der Waals surface area (Å²) in [6.07, 6.45) is 2.04. The number of nitro groups is 1. The highest BCUT2D eigenvalue weighted by Crippen LogP contribution is 2.20. The molecule has 3 rings (SSSR count). The van der Waals surface area contributed by atoms with Gasteiger partial charge in [-0.1, -0.05) is 30.3 Å². The molecular formula is C21H21N3O6. The maximum absolute atomic E-state index is 12.8. The number of nitrogens with one attached hydrogen (secondary N) is 2. The highest BCUT2D eigenvalue weighted by atomic mass is 16.6. The number of methoxy groups -OCH3 is 1. The van der Waals surface area contributed by atoms with E-state index in [-0.39, 0.29) is 29.5 Å². The molecule has 1 aliphatic rings. The smallest absolute Gasteiger partial charge is 0.338 e. The van der Waals surface area contributed by atoms with E-state index in [0.29, 0.717) is 0 Å². The zero-order valence-electron chi connectivity index (χ0n) is 16.3. The topological polar surface area (TPSA) is 128 Å². The quantitative estimate of drug-likeness (QED) is 0.388. The molecule has 1 fully saturated rings. The summed E-state index contributed by atoms with van der Waals surface area (Å²) in [5, 5.41) is 16.7. The van der Waals surface area contributed by atoms with E-state index < -0.39 is 28.5 Å². The van der Waals surface area contributed by atoms with Crippen LogP contribution in [0.15, 0.2) is 48.5 Å². The van der Waals surface area contributed by atoms with Crippen molar-refractivity contribution in [3.8, 4) is 0 Å². The van der Waals surface area contributed by atoms with Crippen LogP contribution in [0.1, 0.15) is 39.1 Å². The third-order valence-electron chi connectivity index (χ3n) is 4.64. The second-order valence-corrected chi connectivity index (χ2v) is 7.02. The third-order valence-corrected chi connectivity index (χ3v) is 4.64. The highest BCUT2D eigenvalue weighted by molar-refractivity contribution is 6.01. The van der Waals surface area contributed by atoms with E-state index in [1.807, 2.05) is 30.3 Å². The number of hydrogen-bond donors (Lipinski definition) is 2. The van der Waals surface area contributed by atoms with Gasteiger partial charge in [0.1, 0.15) is 6.04 Å². The molecule has 0 bridgehead atoms. The Morgan fingerprint density at radius 2 is 1.80 bits per heavy atom. The zero-order valence-corrected chi connectivity index (χ0v) is 16.3. The number of esters is 1. The fourth-order valence-electron chi connectivity index (χ4n) is 2.91. The molecule has 1 atom stereocenters. The van der Waals surface area contributed by atoms with Crippen LogP contribution in [0.2, 0.25) is 0 Å². The van der Waals surface area contributed by atoms with Crippen molar-refractivity contribution in [2.45, 2.75) is 31.3 Å². The van der Waals surface area contributed by atoms with Crippen LogP contribution in [-0.2, 0) is 16.0 Å². The molecule has 1 saturated carbocycles. The van der Waals surface area contributed by atoms with E-state index in [1.54, 1.807) is 0 Å². The molecule has 1 unspecified atom stereocenters. The summed E-state index contributed by atoms with van der Waals surface area (Å²) in [5.41, 5.74) is 0.189. The number of amides is 2. The Morgan fingerprint density at radius 1 is 1.13 bits per heavy atom. The Hall–Kier alpha value is -3.75. The SMILES string of the molecule is COC(=O)c1cc(C(=O)NC(Cc2ccccc2)C(=O)NC2CC2)cc([N+](=O)[O-])c1. The summed E-state index contributed by atoms with van der Waals surface area (Å²) in [6, 6.07) is 11.7. The summed E-state index contributed by atoms with van der Waals surface area (Å²) < 4.78 is 4.60. The number of carbonyl (C=O) groups is 3. The number of hydrogen-bond acceptors (Lipinski definition) is 6. The molecule has 1 aliphatic carbocycles. The highest BCUT2D eigenvalue weighted by Gasteiger charge is 2.29. The first kappa shape index (κ1) is 21.0. The van der Waals surface area contributed by atoms with Gasteiger partial charge in [0, 0.05) is 30.2 Å². The van der Waals surface area contributed by atoms with Gasteiger partial charge in [-0.25, -0.2) is 4.79 Å². The second kappa shape index (κ2) is 9.17. The van der Waals surface area contributed by atoms with Crippen LogP contribution in [0.4, 0.5) is 5.69 Å². The standard InChI is InChI=1S/C21H21N3O6/c1-30-21(27)15-10-14(11-17(12-15)24(28)29)19(25)23-18(20(26)22-16-7-8-16)9-13-5-3-2-4-6-13/h2-6,10-12,16,18H,7-9H2,1H3,(H,22,26)(H,23,25). The monoisotopic (exact) mass is 411 g/mol. The van der Waals surface area contributed by atoms with Crippen molar-refractivity contribution >= 4 is 23.5 Å². The van der Waals surface area contributed by atoms with Crippen LogP contribution in [0.25, 0.3) is 0 Å². The number of ether oxygens (including phenoxy) is 1. The maximum Gasteiger partial charge on any atom is 0.338 e. The number of nitro benzene ring substituents is 1. The van der Waals surface area contributed by atoms with Crippen molar-refractivity contribution < 1.29 is 24.0 Å². The Morgan fingerprint density at radius 3 is 2.40 bits per heavy atom. The first-order valence-corrected chi connectivity index (χ1v) is 9.40. The van der Waals surface area contributed by atoms with Crippen LogP contribution in [0.3, 0.4) is 0 Å². The molecule has 9 heteroatoms. The zero-order chi connectivity index (χ0) is 21.7. The van der Waals surface area contributed by atoms with Gasteiger partial charge in [-0.15, -0.1) is 0 Å². The van der Waals surface area contributed by atoms with Gasteiger partial charge < -0.3 is 15.4 Å². The third kappa shape index (κ3) is 5.40. The van der Waals surface area contributed by atoms with Gasteiger partial charge in [0.2, 0.25) is 5.91 Å². The van der Waals surface area contributed by atoms with Crippen LogP contribution in [0.5, 0.6) is 0 Å². The average molecular weight is 411 g/mol. The maximum atomic E-state index is 12.8. The summed E-state index contributed by atoms with van der Waals surface area (Å²) in [6.45, 7) is 0. The summed E-state index contributed by atoms with van der Waals surface area (Å²) in [5.74, 6) is -1.83. The van der Waals surface area contributed by atoms with Crippen molar-refractivity contribution in [3.63, 3.8) is 0 Å². The van der Waals surface area contributed by atoms with Gasteiger partial charge in [-0.2, -0.15) is 0 Å². The minimum absolute atomic E-state index is 0.108. The Balaban J connectivity index is 1.85. The lowest BCUT2D eigenvalue weighted by Gasteiger charge is -2.19. The average Bonchev–Trinajstić information content (AvgIpc) is 3.56. The molecule has 9 nitrogen and oxygen atoms in total. The molecule has 0 heterocycles. The molecule has 0 aliphatic heterocycles. The minimum Gasteiger partial charge on any atom is -0.465 e. The summed E-state index contributed by atoms with van der Waals surface area (Å²) in [7, 11) is 1.14. The van der Waals surface area contributed by atoms with Crippen molar-refractivity contribution in [2.24, 2.45) is 0 Å². The molecule has 2 aromatic rings. The number of non-ortho nitro benzene ring substituents is 1. The Kier molecular flexibility index (Phi) is 6.41. The largest absolute Gasteiger partial charge is 0.465 e. The fraction of sp³-hybridized carbons (Fsp3) is 0.286. The van der Waals surface area contributed by atoms with Gasteiger partial charge in [0.15, 0.2) is 0 Å². The molecule has 0 spiro atoms. The van der Waals surface area contributed by atoms with E-state index in [2.05, 4.69) is 15.4 Å². The van der Waals surface area contributed by atoms with Crippen molar-refractivity contribution in [1.82, 2.24) is 10.6 Å². The van der Waals surface area contributed by atoms with Crippen LogP contribution in [0, 0.1) is 10.1 Å². The predicted molar refractivity (Wildman–Crippen MR) is 107 cm³/mol. The summed E-state index contributed by atoms with van der Waals surface area (Å²) in [4.78, 5) is 47.8. The van der Waals surface area contributed by atoms with Crippen LogP contribution >= 0.6 is 0 Å². The normalized spacial score (nSPS) is 13.8.